The molecule has 0 fully saturated rings. The van der Waals surface area contributed by atoms with Crippen LogP contribution in [0.5, 0.6) is 0 Å². The first-order chi connectivity index (χ1) is 7.18. The Balaban J connectivity index is 2.23. The standard InChI is InChI=1S/C12H19NOS/c1-11(13)7-9-15(14)10-8-12-5-3-2-4-6-12/h2-6,11H,7-10,13H2,1H3. The second kappa shape index (κ2) is 6.75. The van der Waals surface area contributed by atoms with E-state index in [-0.39, 0.29) is 6.04 Å². The molecule has 0 amide bonds. The molecule has 2 unspecified atom stereocenters. The molecule has 84 valence electrons. The van der Waals surface area contributed by atoms with Crippen LogP contribution in [0.15, 0.2) is 30.3 Å². The number of aryl methyl sites for hydroxylation is 1. The summed E-state index contributed by atoms with van der Waals surface area (Å²) >= 11 is 0. The maximum Gasteiger partial charge on any atom is 0.0275 e. The zero-order chi connectivity index (χ0) is 11.1. The molecule has 15 heavy (non-hydrogen) atoms. The van der Waals surface area contributed by atoms with Gasteiger partial charge in [0.1, 0.15) is 0 Å². The van der Waals surface area contributed by atoms with Crippen molar-refractivity contribution < 1.29 is 4.21 Å². The molecule has 0 bridgehead atoms. The van der Waals surface area contributed by atoms with Gasteiger partial charge in [-0.1, -0.05) is 30.3 Å². The van der Waals surface area contributed by atoms with Crippen LogP contribution in [0.2, 0.25) is 0 Å². The van der Waals surface area contributed by atoms with E-state index in [4.69, 9.17) is 5.73 Å². The molecular formula is C12H19NOS. The second-order valence-electron chi connectivity index (χ2n) is 3.85. The molecule has 0 aliphatic carbocycles. The van der Waals surface area contributed by atoms with Gasteiger partial charge in [0.15, 0.2) is 0 Å². The molecule has 0 aromatic heterocycles. The van der Waals surface area contributed by atoms with Crippen LogP contribution < -0.4 is 5.73 Å². The Hall–Kier alpha value is -0.670. The van der Waals surface area contributed by atoms with Gasteiger partial charge >= 0.3 is 0 Å². The number of nitrogens with two attached hydrogens (primary N) is 1. The molecule has 3 heteroatoms. The van der Waals surface area contributed by atoms with Crippen molar-refractivity contribution in [2.45, 2.75) is 25.8 Å². The van der Waals surface area contributed by atoms with E-state index in [2.05, 4.69) is 12.1 Å². The third kappa shape index (κ3) is 5.70. The molecule has 0 aliphatic rings. The SMILES string of the molecule is CC(N)CCS(=O)CCc1ccccc1. The third-order valence-corrected chi connectivity index (χ3v) is 3.61. The fourth-order valence-electron chi connectivity index (χ4n) is 1.30. The van der Waals surface area contributed by atoms with Crippen LogP contribution in [0, 0.1) is 0 Å². The Kier molecular flexibility index (Phi) is 5.58. The van der Waals surface area contributed by atoms with Crippen molar-refractivity contribution in [3.05, 3.63) is 35.9 Å². The normalized spacial score (nSPS) is 14.8. The lowest BCUT2D eigenvalue weighted by Gasteiger charge is -2.05. The van der Waals surface area contributed by atoms with Crippen LogP contribution in [0.4, 0.5) is 0 Å². The maximum atomic E-state index is 11.6. The summed E-state index contributed by atoms with van der Waals surface area (Å²) in [6.45, 7) is 1.95. The van der Waals surface area contributed by atoms with Crippen molar-refractivity contribution in [1.29, 1.82) is 0 Å². The number of hydrogen-bond acceptors (Lipinski definition) is 2. The van der Waals surface area contributed by atoms with Gasteiger partial charge in [-0.25, -0.2) is 0 Å². The smallest absolute Gasteiger partial charge is 0.0275 e. The highest BCUT2D eigenvalue weighted by atomic mass is 32.2. The summed E-state index contributed by atoms with van der Waals surface area (Å²) in [6.07, 6.45) is 1.74. The minimum Gasteiger partial charge on any atom is -0.328 e. The van der Waals surface area contributed by atoms with Crippen molar-refractivity contribution in [2.24, 2.45) is 5.73 Å². The molecule has 2 atom stereocenters. The average Bonchev–Trinajstić information content (AvgIpc) is 2.25. The largest absolute Gasteiger partial charge is 0.328 e. The molecule has 0 radical (unpaired) electrons. The monoisotopic (exact) mass is 225 g/mol. The molecule has 2 nitrogen and oxygen atoms in total. The Labute approximate surface area is 94.3 Å². The lowest BCUT2D eigenvalue weighted by atomic mass is 10.2. The maximum absolute atomic E-state index is 11.6. The van der Waals surface area contributed by atoms with Crippen LogP contribution in [-0.2, 0) is 17.2 Å². The summed E-state index contributed by atoms with van der Waals surface area (Å²) in [5, 5.41) is 0. The molecule has 0 saturated carbocycles. The summed E-state index contributed by atoms with van der Waals surface area (Å²) in [5.41, 5.74) is 6.87. The van der Waals surface area contributed by atoms with Crippen molar-refractivity contribution in [1.82, 2.24) is 0 Å². The molecule has 1 aromatic rings. The predicted octanol–water partition coefficient (Wildman–Crippen LogP) is 1.72. The summed E-state index contributed by atoms with van der Waals surface area (Å²) in [4.78, 5) is 0. The van der Waals surface area contributed by atoms with E-state index in [1.54, 1.807) is 0 Å². The van der Waals surface area contributed by atoms with Crippen molar-refractivity contribution >= 4 is 10.8 Å². The van der Waals surface area contributed by atoms with Gasteiger partial charge in [0, 0.05) is 28.3 Å². The molecule has 2 N–H and O–H groups in total. The third-order valence-electron chi connectivity index (χ3n) is 2.26. The summed E-state index contributed by atoms with van der Waals surface area (Å²) < 4.78 is 11.6. The Morgan fingerprint density at radius 2 is 1.93 bits per heavy atom. The number of rotatable bonds is 6. The van der Waals surface area contributed by atoms with E-state index in [1.165, 1.54) is 5.56 Å². The molecule has 0 saturated heterocycles. The van der Waals surface area contributed by atoms with Crippen LogP contribution in [0.1, 0.15) is 18.9 Å². The minimum atomic E-state index is -0.721. The number of benzene rings is 1. The highest BCUT2D eigenvalue weighted by Gasteiger charge is 2.02. The van der Waals surface area contributed by atoms with Gasteiger partial charge in [-0.15, -0.1) is 0 Å². The van der Waals surface area contributed by atoms with Crippen LogP contribution in [0.25, 0.3) is 0 Å². The molecule has 0 heterocycles. The highest BCUT2D eigenvalue weighted by molar-refractivity contribution is 7.84. The molecule has 0 aliphatic heterocycles. The Morgan fingerprint density at radius 3 is 2.53 bits per heavy atom. The quantitative estimate of drug-likeness (QED) is 0.801. The van der Waals surface area contributed by atoms with Gasteiger partial charge in [0.05, 0.1) is 0 Å². The fourth-order valence-corrected chi connectivity index (χ4v) is 2.60. The first-order valence-corrected chi connectivity index (χ1v) is 6.82. The van der Waals surface area contributed by atoms with Crippen LogP contribution in [-0.4, -0.2) is 21.8 Å². The van der Waals surface area contributed by atoms with E-state index >= 15 is 0 Å². The van der Waals surface area contributed by atoms with Gasteiger partial charge in [-0.3, -0.25) is 4.21 Å². The molecule has 0 spiro atoms. The van der Waals surface area contributed by atoms with Crippen molar-refractivity contribution in [3.63, 3.8) is 0 Å². The van der Waals surface area contributed by atoms with Gasteiger partial charge in [-0.05, 0) is 25.3 Å². The van der Waals surface area contributed by atoms with Crippen LogP contribution in [0.3, 0.4) is 0 Å². The first kappa shape index (κ1) is 12.4. The zero-order valence-electron chi connectivity index (χ0n) is 9.19. The van der Waals surface area contributed by atoms with Gasteiger partial charge in [-0.2, -0.15) is 0 Å². The summed E-state index contributed by atoms with van der Waals surface area (Å²) in [6, 6.07) is 10.3. The lowest BCUT2D eigenvalue weighted by molar-refractivity contribution is 0.667. The van der Waals surface area contributed by atoms with Gasteiger partial charge < -0.3 is 5.73 Å². The van der Waals surface area contributed by atoms with Crippen molar-refractivity contribution in [3.8, 4) is 0 Å². The Morgan fingerprint density at radius 1 is 1.27 bits per heavy atom. The second-order valence-corrected chi connectivity index (χ2v) is 5.55. The molecule has 1 rings (SSSR count). The highest BCUT2D eigenvalue weighted by Crippen LogP contribution is 2.01. The average molecular weight is 225 g/mol. The number of hydrogen-bond donors (Lipinski definition) is 1. The lowest BCUT2D eigenvalue weighted by Crippen LogP contribution is -2.19. The van der Waals surface area contributed by atoms with Crippen molar-refractivity contribution in [2.75, 3.05) is 11.5 Å². The van der Waals surface area contributed by atoms with E-state index in [0.717, 1.165) is 24.3 Å². The topological polar surface area (TPSA) is 43.1 Å². The van der Waals surface area contributed by atoms with Crippen LogP contribution >= 0.6 is 0 Å². The van der Waals surface area contributed by atoms with E-state index in [9.17, 15) is 4.21 Å². The first-order valence-electron chi connectivity index (χ1n) is 5.33. The predicted molar refractivity (Wildman–Crippen MR) is 66.3 cm³/mol. The molecular weight excluding hydrogens is 206 g/mol. The Bertz CT molecular complexity index is 298. The minimum absolute atomic E-state index is 0.158. The summed E-state index contributed by atoms with van der Waals surface area (Å²) in [7, 11) is -0.721. The molecule has 1 aromatic carbocycles. The van der Waals surface area contributed by atoms with E-state index < -0.39 is 10.8 Å². The van der Waals surface area contributed by atoms with Gasteiger partial charge in [0.25, 0.3) is 0 Å². The van der Waals surface area contributed by atoms with Gasteiger partial charge in [0.2, 0.25) is 0 Å². The van der Waals surface area contributed by atoms with E-state index in [1.807, 2.05) is 25.1 Å². The zero-order valence-corrected chi connectivity index (χ0v) is 10.0. The summed E-state index contributed by atoms with van der Waals surface area (Å²) in [5.74, 6) is 1.47. The fraction of sp³-hybridized carbons (Fsp3) is 0.500. The van der Waals surface area contributed by atoms with E-state index in [0.29, 0.717) is 0 Å².